The zero-order chi connectivity index (χ0) is 13.2. The summed E-state index contributed by atoms with van der Waals surface area (Å²) in [7, 11) is 1.69. The molecule has 0 fully saturated rings. The first-order valence-corrected chi connectivity index (χ1v) is 6.45. The largest absolute Gasteiger partial charge is 0.496 e. The average Bonchev–Trinajstić information content (AvgIpc) is 2.94. The van der Waals surface area contributed by atoms with Crippen molar-refractivity contribution >= 4 is 0 Å². The molecule has 3 heteroatoms. The molecule has 0 unspecified atom stereocenters. The van der Waals surface area contributed by atoms with Crippen LogP contribution in [-0.4, -0.2) is 13.7 Å². The molecule has 2 N–H and O–H groups in total. The van der Waals surface area contributed by atoms with Crippen molar-refractivity contribution in [1.29, 1.82) is 0 Å². The summed E-state index contributed by atoms with van der Waals surface area (Å²) < 4.78 is 11.1. The van der Waals surface area contributed by atoms with Gasteiger partial charge in [-0.2, -0.15) is 0 Å². The van der Waals surface area contributed by atoms with Gasteiger partial charge in [0, 0.05) is 24.1 Å². The van der Waals surface area contributed by atoms with Gasteiger partial charge < -0.3 is 15.2 Å². The lowest BCUT2D eigenvalue weighted by Gasteiger charge is -2.12. The van der Waals surface area contributed by atoms with E-state index >= 15 is 0 Å². The van der Waals surface area contributed by atoms with Crippen LogP contribution in [0.2, 0.25) is 0 Å². The van der Waals surface area contributed by atoms with E-state index in [0.717, 1.165) is 41.2 Å². The van der Waals surface area contributed by atoms with Gasteiger partial charge in [-0.3, -0.25) is 0 Å². The quantitative estimate of drug-likeness (QED) is 0.917. The number of hydrogen-bond donors (Lipinski definition) is 1. The zero-order valence-corrected chi connectivity index (χ0v) is 11.0. The summed E-state index contributed by atoms with van der Waals surface area (Å²) in [6.07, 6.45) is 0.950. The first-order valence-electron chi connectivity index (χ1n) is 6.45. The van der Waals surface area contributed by atoms with Crippen molar-refractivity contribution in [2.75, 3.05) is 13.7 Å². The molecule has 0 aliphatic carbocycles. The molecule has 1 heterocycles. The summed E-state index contributed by atoms with van der Waals surface area (Å²) in [5, 5.41) is 0. The van der Waals surface area contributed by atoms with Crippen LogP contribution < -0.4 is 15.2 Å². The normalized spacial score (nSPS) is 12.9. The van der Waals surface area contributed by atoms with E-state index in [9.17, 15) is 0 Å². The molecular weight excluding hydrogens is 238 g/mol. The van der Waals surface area contributed by atoms with E-state index in [2.05, 4.69) is 18.2 Å². The third-order valence-electron chi connectivity index (χ3n) is 3.50. The molecule has 3 rings (SSSR count). The fraction of sp³-hybridized carbons (Fsp3) is 0.250. The molecule has 19 heavy (non-hydrogen) atoms. The van der Waals surface area contributed by atoms with Crippen LogP contribution in [0.1, 0.15) is 11.1 Å². The summed E-state index contributed by atoms with van der Waals surface area (Å²) in [6.45, 7) is 1.24. The zero-order valence-electron chi connectivity index (χ0n) is 11.0. The molecule has 0 saturated carbocycles. The SMILES string of the molecule is COc1ccccc1-c1cc(CN)c2c(c1)CCO2. The van der Waals surface area contributed by atoms with E-state index in [0.29, 0.717) is 6.54 Å². The second-order valence-corrected chi connectivity index (χ2v) is 4.63. The topological polar surface area (TPSA) is 44.5 Å². The van der Waals surface area contributed by atoms with Gasteiger partial charge in [0.15, 0.2) is 0 Å². The first kappa shape index (κ1) is 12.1. The number of para-hydroxylation sites is 1. The van der Waals surface area contributed by atoms with Gasteiger partial charge in [-0.25, -0.2) is 0 Å². The molecule has 0 atom stereocenters. The Balaban J connectivity index is 2.15. The molecule has 0 aromatic heterocycles. The van der Waals surface area contributed by atoms with Crippen molar-refractivity contribution in [3.8, 4) is 22.6 Å². The highest BCUT2D eigenvalue weighted by Gasteiger charge is 2.18. The molecule has 2 aromatic carbocycles. The fourth-order valence-corrected chi connectivity index (χ4v) is 2.58. The molecule has 1 aliphatic heterocycles. The maximum Gasteiger partial charge on any atom is 0.127 e. The third kappa shape index (κ3) is 2.06. The highest BCUT2D eigenvalue weighted by atomic mass is 16.5. The Morgan fingerprint density at radius 3 is 2.89 bits per heavy atom. The maximum atomic E-state index is 5.83. The van der Waals surface area contributed by atoms with Gasteiger partial charge in [-0.1, -0.05) is 18.2 Å². The standard InChI is InChI=1S/C16H17NO2/c1-18-15-5-3-2-4-14(15)12-8-11-6-7-19-16(11)13(9-12)10-17/h2-5,8-9H,6-7,10,17H2,1H3. The van der Waals surface area contributed by atoms with Gasteiger partial charge in [0.25, 0.3) is 0 Å². The van der Waals surface area contributed by atoms with E-state index in [1.807, 2.05) is 18.2 Å². The predicted octanol–water partition coefficient (Wildman–Crippen LogP) is 2.76. The minimum atomic E-state index is 0.491. The highest BCUT2D eigenvalue weighted by molar-refractivity contribution is 5.73. The number of rotatable bonds is 3. The Morgan fingerprint density at radius 2 is 2.11 bits per heavy atom. The van der Waals surface area contributed by atoms with Gasteiger partial charge in [-0.05, 0) is 29.3 Å². The van der Waals surface area contributed by atoms with E-state index < -0.39 is 0 Å². The molecular formula is C16H17NO2. The number of ether oxygens (including phenoxy) is 2. The second kappa shape index (κ2) is 4.94. The number of fused-ring (bicyclic) bond motifs is 1. The van der Waals surface area contributed by atoms with Gasteiger partial charge in [-0.15, -0.1) is 0 Å². The van der Waals surface area contributed by atoms with Crippen molar-refractivity contribution in [2.45, 2.75) is 13.0 Å². The van der Waals surface area contributed by atoms with Gasteiger partial charge in [0.1, 0.15) is 11.5 Å². The van der Waals surface area contributed by atoms with Crippen molar-refractivity contribution < 1.29 is 9.47 Å². The number of benzene rings is 2. The first-order chi connectivity index (χ1) is 9.33. The molecule has 1 aliphatic rings. The lowest BCUT2D eigenvalue weighted by atomic mass is 9.97. The third-order valence-corrected chi connectivity index (χ3v) is 3.50. The maximum absolute atomic E-state index is 5.83. The van der Waals surface area contributed by atoms with Crippen LogP contribution >= 0.6 is 0 Å². The van der Waals surface area contributed by atoms with Crippen LogP contribution in [-0.2, 0) is 13.0 Å². The van der Waals surface area contributed by atoms with Crippen LogP contribution in [0.25, 0.3) is 11.1 Å². The Bertz CT molecular complexity index is 608. The lowest BCUT2D eigenvalue weighted by molar-refractivity contribution is 0.353. The molecule has 0 bridgehead atoms. The van der Waals surface area contributed by atoms with E-state index in [-0.39, 0.29) is 0 Å². The van der Waals surface area contributed by atoms with Crippen LogP contribution in [0, 0.1) is 0 Å². The molecule has 0 saturated heterocycles. The van der Waals surface area contributed by atoms with Crippen LogP contribution in [0.5, 0.6) is 11.5 Å². The molecule has 0 amide bonds. The van der Waals surface area contributed by atoms with Crippen LogP contribution in [0.15, 0.2) is 36.4 Å². The number of nitrogens with two attached hydrogens (primary N) is 1. The van der Waals surface area contributed by atoms with E-state index in [4.69, 9.17) is 15.2 Å². The van der Waals surface area contributed by atoms with E-state index in [1.165, 1.54) is 5.56 Å². The summed E-state index contributed by atoms with van der Waals surface area (Å²) in [4.78, 5) is 0. The Kier molecular flexibility index (Phi) is 3.13. The number of methoxy groups -OCH3 is 1. The minimum absolute atomic E-state index is 0.491. The predicted molar refractivity (Wildman–Crippen MR) is 75.5 cm³/mol. The average molecular weight is 255 g/mol. The summed E-state index contributed by atoms with van der Waals surface area (Å²) in [5.74, 6) is 1.85. The summed E-state index contributed by atoms with van der Waals surface area (Å²) in [6, 6.07) is 12.3. The highest BCUT2D eigenvalue weighted by Crippen LogP contribution is 2.37. The summed E-state index contributed by atoms with van der Waals surface area (Å²) >= 11 is 0. The van der Waals surface area contributed by atoms with Crippen LogP contribution in [0.3, 0.4) is 0 Å². The van der Waals surface area contributed by atoms with E-state index in [1.54, 1.807) is 7.11 Å². The van der Waals surface area contributed by atoms with Crippen molar-refractivity contribution in [3.63, 3.8) is 0 Å². The monoisotopic (exact) mass is 255 g/mol. The van der Waals surface area contributed by atoms with Crippen LogP contribution in [0.4, 0.5) is 0 Å². The molecule has 0 radical (unpaired) electrons. The Labute approximate surface area is 113 Å². The fourth-order valence-electron chi connectivity index (χ4n) is 2.58. The van der Waals surface area contributed by atoms with Crippen molar-refractivity contribution in [1.82, 2.24) is 0 Å². The molecule has 98 valence electrons. The minimum Gasteiger partial charge on any atom is -0.496 e. The smallest absolute Gasteiger partial charge is 0.127 e. The molecule has 3 nitrogen and oxygen atoms in total. The molecule has 2 aromatic rings. The Morgan fingerprint density at radius 1 is 1.26 bits per heavy atom. The second-order valence-electron chi connectivity index (χ2n) is 4.63. The molecule has 0 spiro atoms. The Hall–Kier alpha value is -2.00. The van der Waals surface area contributed by atoms with Crippen molar-refractivity contribution in [3.05, 3.63) is 47.5 Å². The lowest BCUT2D eigenvalue weighted by Crippen LogP contribution is -2.00. The van der Waals surface area contributed by atoms with Gasteiger partial charge in [0.05, 0.1) is 13.7 Å². The van der Waals surface area contributed by atoms with Gasteiger partial charge >= 0.3 is 0 Å². The summed E-state index contributed by atoms with van der Waals surface area (Å²) in [5.41, 5.74) is 10.4. The number of hydrogen-bond acceptors (Lipinski definition) is 3. The van der Waals surface area contributed by atoms with Gasteiger partial charge in [0.2, 0.25) is 0 Å². The van der Waals surface area contributed by atoms with Crippen molar-refractivity contribution in [2.24, 2.45) is 5.73 Å².